The lowest BCUT2D eigenvalue weighted by atomic mass is 10.1. The largest absolute Gasteiger partial charge is 0.443 e. The maximum Gasteiger partial charge on any atom is 0.426 e. The van der Waals surface area contributed by atoms with Gasteiger partial charge >= 0.3 is 6.09 Å². The van der Waals surface area contributed by atoms with Crippen molar-refractivity contribution in [3.05, 3.63) is 41.0 Å². The second-order valence-electron chi connectivity index (χ2n) is 6.03. The van der Waals surface area contributed by atoms with Gasteiger partial charge in [0.1, 0.15) is 5.60 Å². The smallest absolute Gasteiger partial charge is 0.426 e. The Morgan fingerprint density at radius 2 is 1.96 bits per heavy atom. The standard InChI is InChI=1S/C16H18ClN3O3/c1-16(2,3)23-15(22)20-19-14(21)7-10-4-5-13-11(6-10)8-12(17)9-18-13/h4-6,8-9H,7H2,1-3H3,(H,19,21)(H,20,22). The van der Waals surface area contributed by atoms with Crippen LogP contribution in [0.4, 0.5) is 4.79 Å². The predicted octanol–water partition coefficient (Wildman–Crippen LogP) is 2.99. The zero-order valence-corrected chi connectivity index (χ0v) is 13.9. The monoisotopic (exact) mass is 335 g/mol. The van der Waals surface area contributed by atoms with Gasteiger partial charge in [-0.2, -0.15) is 0 Å². The number of rotatable bonds is 2. The van der Waals surface area contributed by atoms with Crippen molar-refractivity contribution in [1.29, 1.82) is 0 Å². The van der Waals surface area contributed by atoms with Gasteiger partial charge in [-0.15, -0.1) is 0 Å². The number of hydrogen-bond donors (Lipinski definition) is 2. The van der Waals surface area contributed by atoms with E-state index in [1.54, 1.807) is 39.1 Å². The summed E-state index contributed by atoms with van der Waals surface area (Å²) in [7, 11) is 0. The molecule has 0 aliphatic rings. The number of fused-ring (bicyclic) bond motifs is 1. The van der Waals surface area contributed by atoms with Crippen LogP contribution in [0.3, 0.4) is 0 Å². The van der Waals surface area contributed by atoms with Gasteiger partial charge in [0.25, 0.3) is 0 Å². The summed E-state index contributed by atoms with van der Waals surface area (Å²) in [6.45, 7) is 5.22. The highest BCUT2D eigenvalue weighted by atomic mass is 35.5. The Morgan fingerprint density at radius 3 is 2.65 bits per heavy atom. The van der Waals surface area contributed by atoms with Crippen LogP contribution in [0.1, 0.15) is 26.3 Å². The van der Waals surface area contributed by atoms with Crippen molar-refractivity contribution < 1.29 is 14.3 Å². The Bertz CT molecular complexity index is 741. The van der Waals surface area contributed by atoms with Gasteiger partial charge in [0.2, 0.25) is 5.91 Å². The van der Waals surface area contributed by atoms with Gasteiger partial charge in [0.05, 0.1) is 17.0 Å². The molecule has 1 aromatic heterocycles. The maximum absolute atomic E-state index is 11.9. The number of hydrazine groups is 1. The molecule has 122 valence electrons. The Morgan fingerprint density at radius 1 is 1.22 bits per heavy atom. The summed E-state index contributed by atoms with van der Waals surface area (Å²) in [6.07, 6.45) is 0.972. The van der Waals surface area contributed by atoms with E-state index < -0.39 is 11.7 Å². The molecule has 6 nitrogen and oxygen atoms in total. The summed E-state index contributed by atoms with van der Waals surface area (Å²) in [5.41, 5.74) is 5.47. The summed E-state index contributed by atoms with van der Waals surface area (Å²) in [5, 5.41) is 1.38. The highest BCUT2D eigenvalue weighted by Gasteiger charge is 2.16. The van der Waals surface area contributed by atoms with Crippen LogP contribution in [-0.2, 0) is 16.0 Å². The molecule has 0 radical (unpaired) electrons. The quantitative estimate of drug-likeness (QED) is 0.827. The second-order valence-corrected chi connectivity index (χ2v) is 6.47. The average molecular weight is 336 g/mol. The molecule has 0 saturated carbocycles. The molecule has 2 N–H and O–H groups in total. The molecule has 7 heteroatoms. The molecule has 0 saturated heterocycles. The molecule has 2 amide bonds. The van der Waals surface area contributed by atoms with Crippen LogP contribution in [0.15, 0.2) is 30.5 Å². The molecule has 2 aromatic rings. The normalized spacial score (nSPS) is 11.1. The molecule has 1 aromatic carbocycles. The molecule has 0 fully saturated rings. The molecule has 0 bridgehead atoms. The topological polar surface area (TPSA) is 80.3 Å². The Labute approximate surface area is 139 Å². The zero-order chi connectivity index (χ0) is 17.0. The minimum atomic E-state index is -0.708. The number of hydrogen-bond acceptors (Lipinski definition) is 4. The van der Waals surface area contributed by atoms with Crippen molar-refractivity contribution >= 4 is 34.5 Å². The molecule has 23 heavy (non-hydrogen) atoms. The van der Waals surface area contributed by atoms with Gasteiger partial charge in [-0.25, -0.2) is 10.2 Å². The van der Waals surface area contributed by atoms with Gasteiger partial charge in [0.15, 0.2) is 0 Å². The molecular formula is C16H18ClN3O3. The lowest BCUT2D eigenvalue weighted by molar-refractivity contribution is -0.121. The first-order valence-electron chi connectivity index (χ1n) is 7.05. The molecule has 1 heterocycles. The third-order valence-electron chi connectivity index (χ3n) is 2.78. The fraction of sp³-hybridized carbons (Fsp3) is 0.312. The van der Waals surface area contributed by atoms with E-state index in [9.17, 15) is 9.59 Å². The van der Waals surface area contributed by atoms with Crippen molar-refractivity contribution in [3.8, 4) is 0 Å². The fourth-order valence-electron chi connectivity index (χ4n) is 1.92. The van der Waals surface area contributed by atoms with Crippen LogP contribution in [-0.4, -0.2) is 22.6 Å². The minimum Gasteiger partial charge on any atom is -0.443 e. The molecule has 2 rings (SSSR count). The number of nitrogens with one attached hydrogen (secondary N) is 2. The lowest BCUT2D eigenvalue weighted by Gasteiger charge is -2.19. The lowest BCUT2D eigenvalue weighted by Crippen LogP contribution is -2.44. The predicted molar refractivity (Wildman–Crippen MR) is 88.0 cm³/mol. The summed E-state index contributed by atoms with van der Waals surface area (Å²) in [6, 6.07) is 7.23. The van der Waals surface area contributed by atoms with Crippen LogP contribution in [0.2, 0.25) is 5.02 Å². The SMILES string of the molecule is CC(C)(C)OC(=O)NNC(=O)Cc1ccc2ncc(Cl)cc2c1. The third kappa shape index (κ3) is 5.41. The van der Waals surface area contributed by atoms with Gasteiger partial charge < -0.3 is 4.74 Å². The molecular weight excluding hydrogens is 318 g/mol. The number of carbonyl (C=O) groups is 2. The zero-order valence-electron chi connectivity index (χ0n) is 13.1. The third-order valence-corrected chi connectivity index (χ3v) is 2.99. The van der Waals surface area contributed by atoms with Crippen LogP contribution >= 0.6 is 11.6 Å². The van der Waals surface area contributed by atoms with E-state index in [-0.39, 0.29) is 12.3 Å². The van der Waals surface area contributed by atoms with Gasteiger partial charge in [-0.1, -0.05) is 17.7 Å². The average Bonchev–Trinajstić information content (AvgIpc) is 2.43. The first kappa shape index (κ1) is 17.0. The number of carbonyl (C=O) groups excluding carboxylic acids is 2. The second kappa shape index (κ2) is 6.83. The highest BCUT2D eigenvalue weighted by molar-refractivity contribution is 6.31. The van der Waals surface area contributed by atoms with E-state index in [1.807, 2.05) is 12.1 Å². The summed E-state index contributed by atoms with van der Waals surface area (Å²) in [4.78, 5) is 27.5. The van der Waals surface area contributed by atoms with E-state index in [4.69, 9.17) is 16.3 Å². The number of nitrogens with zero attached hydrogens (tertiary/aromatic N) is 1. The van der Waals surface area contributed by atoms with E-state index in [1.165, 1.54) is 0 Å². The van der Waals surface area contributed by atoms with Crippen LogP contribution < -0.4 is 10.9 Å². The van der Waals surface area contributed by atoms with Gasteiger partial charge in [0, 0.05) is 11.6 Å². The summed E-state index contributed by atoms with van der Waals surface area (Å²) < 4.78 is 5.02. The number of pyridine rings is 1. The maximum atomic E-state index is 11.9. The van der Waals surface area contributed by atoms with Crippen molar-refractivity contribution in [3.63, 3.8) is 0 Å². The number of amides is 2. The molecule has 0 unspecified atom stereocenters. The molecule has 0 aliphatic heterocycles. The van der Waals surface area contributed by atoms with E-state index in [0.717, 1.165) is 16.5 Å². The van der Waals surface area contributed by atoms with Gasteiger partial charge in [-0.05, 0) is 44.5 Å². The van der Waals surface area contributed by atoms with Crippen molar-refractivity contribution in [1.82, 2.24) is 15.8 Å². The molecule has 0 atom stereocenters. The molecule has 0 aliphatic carbocycles. The van der Waals surface area contributed by atoms with Crippen LogP contribution in [0, 0.1) is 0 Å². The van der Waals surface area contributed by atoms with Crippen molar-refractivity contribution in [2.75, 3.05) is 0 Å². The van der Waals surface area contributed by atoms with Crippen LogP contribution in [0.25, 0.3) is 10.9 Å². The fourth-order valence-corrected chi connectivity index (χ4v) is 2.08. The number of benzene rings is 1. The summed E-state index contributed by atoms with van der Waals surface area (Å²) >= 11 is 5.91. The number of ether oxygens (including phenoxy) is 1. The van der Waals surface area contributed by atoms with Crippen molar-refractivity contribution in [2.45, 2.75) is 32.8 Å². The van der Waals surface area contributed by atoms with E-state index in [2.05, 4.69) is 15.8 Å². The summed E-state index contributed by atoms with van der Waals surface area (Å²) in [5.74, 6) is -0.356. The number of halogens is 1. The highest BCUT2D eigenvalue weighted by Crippen LogP contribution is 2.18. The van der Waals surface area contributed by atoms with Gasteiger partial charge in [-0.3, -0.25) is 15.2 Å². The first-order chi connectivity index (χ1) is 10.7. The molecule has 0 spiro atoms. The van der Waals surface area contributed by atoms with Crippen molar-refractivity contribution in [2.24, 2.45) is 0 Å². The van der Waals surface area contributed by atoms with E-state index in [0.29, 0.717) is 5.02 Å². The first-order valence-corrected chi connectivity index (χ1v) is 7.43. The Hall–Kier alpha value is -2.34. The van der Waals surface area contributed by atoms with Crippen LogP contribution in [0.5, 0.6) is 0 Å². The number of aromatic nitrogens is 1. The minimum absolute atomic E-state index is 0.109. The Kier molecular flexibility index (Phi) is 5.05. The van der Waals surface area contributed by atoms with E-state index >= 15 is 0 Å². The Balaban J connectivity index is 1.94.